The van der Waals surface area contributed by atoms with Gasteiger partial charge in [0.25, 0.3) is 10.0 Å². The maximum absolute atomic E-state index is 13.4. The smallest absolute Gasteiger partial charge is 0.263 e. The molecule has 0 aliphatic heterocycles. The third kappa shape index (κ3) is 2.60. The Morgan fingerprint density at radius 2 is 1.60 bits per heavy atom. The molecule has 0 saturated heterocycles. The van der Waals surface area contributed by atoms with E-state index in [0.29, 0.717) is 0 Å². The number of sulfonamides is 1. The first-order valence-electron chi connectivity index (χ1n) is 5.41. The molecule has 2 aromatic rings. The Kier molecular flexibility index (Phi) is 3.68. The molecular weight excluding hydrogens is 286 g/mol. The van der Waals surface area contributed by atoms with Crippen molar-refractivity contribution in [3.05, 3.63) is 59.7 Å². The number of nitrogens with one attached hydrogen (secondary N) is 1. The summed E-state index contributed by atoms with van der Waals surface area (Å²) in [5.74, 6) is -2.08. The lowest BCUT2D eigenvalue weighted by atomic mass is 10.2. The third-order valence-corrected chi connectivity index (χ3v) is 3.90. The summed E-state index contributed by atoms with van der Waals surface area (Å²) in [6.07, 6.45) is 0. The number of hydrogen-bond donors (Lipinski definition) is 1. The number of hydrogen-bond acceptors (Lipinski definition) is 3. The van der Waals surface area contributed by atoms with Gasteiger partial charge in [-0.3, -0.25) is 4.72 Å². The van der Waals surface area contributed by atoms with Crippen LogP contribution >= 0.6 is 0 Å². The fraction of sp³-hybridized carbons (Fsp3) is 0. The van der Waals surface area contributed by atoms with Crippen molar-refractivity contribution in [2.24, 2.45) is 0 Å². The summed E-state index contributed by atoms with van der Waals surface area (Å²) in [7, 11) is -4.25. The van der Waals surface area contributed by atoms with Crippen LogP contribution in [0.3, 0.4) is 0 Å². The van der Waals surface area contributed by atoms with Crippen LogP contribution in [0.15, 0.2) is 47.4 Å². The van der Waals surface area contributed by atoms with Crippen molar-refractivity contribution >= 4 is 15.7 Å². The van der Waals surface area contributed by atoms with Gasteiger partial charge in [-0.2, -0.15) is 5.26 Å². The second-order valence-corrected chi connectivity index (χ2v) is 5.46. The summed E-state index contributed by atoms with van der Waals surface area (Å²) in [5.41, 5.74) is -0.892. The lowest BCUT2D eigenvalue weighted by molar-refractivity contribution is 0.583. The van der Waals surface area contributed by atoms with Crippen LogP contribution in [0.2, 0.25) is 0 Å². The first-order chi connectivity index (χ1) is 9.45. The molecule has 0 spiro atoms. The van der Waals surface area contributed by atoms with Crippen molar-refractivity contribution in [2.75, 3.05) is 4.72 Å². The Morgan fingerprint density at radius 3 is 2.20 bits per heavy atom. The number of anilines is 1. The predicted molar refractivity (Wildman–Crippen MR) is 68.3 cm³/mol. The molecule has 2 aromatic carbocycles. The number of rotatable bonds is 3. The van der Waals surface area contributed by atoms with Crippen LogP contribution < -0.4 is 4.72 Å². The molecule has 0 unspecified atom stereocenters. The Labute approximate surface area is 114 Å². The fourth-order valence-corrected chi connectivity index (χ4v) is 2.81. The van der Waals surface area contributed by atoms with Gasteiger partial charge in [-0.1, -0.05) is 18.2 Å². The summed E-state index contributed by atoms with van der Waals surface area (Å²) in [4.78, 5) is -0.342. The van der Waals surface area contributed by atoms with Crippen molar-refractivity contribution < 1.29 is 17.2 Å². The van der Waals surface area contributed by atoms with E-state index in [1.54, 1.807) is 6.07 Å². The maximum Gasteiger partial charge on any atom is 0.263 e. The van der Waals surface area contributed by atoms with Crippen LogP contribution in [0.1, 0.15) is 5.56 Å². The number of para-hydroxylation sites is 1. The normalized spacial score (nSPS) is 10.8. The van der Waals surface area contributed by atoms with E-state index >= 15 is 0 Å². The molecule has 1 N–H and O–H groups in total. The van der Waals surface area contributed by atoms with Crippen LogP contribution in [-0.2, 0) is 10.0 Å². The Morgan fingerprint density at radius 1 is 1.00 bits per heavy atom. The highest BCUT2D eigenvalue weighted by atomic mass is 32.2. The monoisotopic (exact) mass is 294 g/mol. The van der Waals surface area contributed by atoms with Gasteiger partial charge in [0.15, 0.2) is 0 Å². The summed E-state index contributed by atoms with van der Waals surface area (Å²) >= 11 is 0. The molecule has 0 heterocycles. The topological polar surface area (TPSA) is 70.0 Å². The van der Waals surface area contributed by atoms with Gasteiger partial charge in [0, 0.05) is 0 Å². The van der Waals surface area contributed by atoms with Crippen molar-refractivity contribution in [3.8, 4) is 6.07 Å². The zero-order valence-electron chi connectivity index (χ0n) is 9.97. The number of nitrogens with zero attached hydrogens (tertiary/aromatic N) is 1. The van der Waals surface area contributed by atoms with Crippen LogP contribution in [0.4, 0.5) is 14.5 Å². The molecule has 0 bridgehead atoms. The van der Waals surface area contributed by atoms with Gasteiger partial charge in [-0.25, -0.2) is 17.2 Å². The van der Waals surface area contributed by atoms with Crippen molar-refractivity contribution in [2.45, 2.75) is 4.90 Å². The van der Waals surface area contributed by atoms with E-state index in [-0.39, 0.29) is 10.5 Å². The van der Waals surface area contributed by atoms with Crippen molar-refractivity contribution in [3.63, 3.8) is 0 Å². The second kappa shape index (κ2) is 5.27. The molecule has 2 rings (SSSR count). The average molecular weight is 294 g/mol. The minimum absolute atomic E-state index is 0.114. The Hall–Kier alpha value is -2.46. The van der Waals surface area contributed by atoms with E-state index in [9.17, 15) is 17.2 Å². The molecule has 0 aliphatic rings. The quantitative estimate of drug-likeness (QED) is 0.946. The Bertz CT molecular complexity index is 778. The van der Waals surface area contributed by atoms with Gasteiger partial charge >= 0.3 is 0 Å². The van der Waals surface area contributed by atoms with E-state index in [4.69, 9.17) is 5.26 Å². The highest BCUT2D eigenvalue weighted by Gasteiger charge is 2.21. The lowest BCUT2D eigenvalue weighted by Gasteiger charge is -2.10. The summed E-state index contributed by atoms with van der Waals surface area (Å²) in [5, 5.41) is 8.87. The van der Waals surface area contributed by atoms with E-state index in [0.717, 1.165) is 18.2 Å². The molecule has 4 nitrogen and oxygen atoms in total. The molecule has 0 atom stereocenters. The molecule has 0 amide bonds. The lowest BCUT2D eigenvalue weighted by Crippen LogP contribution is -2.16. The molecule has 0 aliphatic carbocycles. The molecule has 7 heteroatoms. The third-order valence-electron chi connectivity index (χ3n) is 2.50. The second-order valence-electron chi connectivity index (χ2n) is 3.81. The van der Waals surface area contributed by atoms with Crippen LogP contribution in [-0.4, -0.2) is 8.42 Å². The van der Waals surface area contributed by atoms with E-state index < -0.39 is 27.3 Å². The van der Waals surface area contributed by atoms with Crippen LogP contribution in [0, 0.1) is 23.0 Å². The van der Waals surface area contributed by atoms with Gasteiger partial charge in [0.2, 0.25) is 0 Å². The first kappa shape index (κ1) is 14.0. The van der Waals surface area contributed by atoms with E-state index in [1.165, 1.54) is 24.3 Å². The fourth-order valence-electron chi connectivity index (χ4n) is 1.58. The molecular formula is C13H8F2N2O2S. The first-order valence-corrected chi connectivity index (χ1v) is 6.90. The van der Waals surface area contributed by atoms with Gasteiger partial charge in [-0.15, -0.1) is 0 Å². The van der Waals surface area contributed by atoms with Crippen molar-refractivity contribution in [1.29, 1.82) is 5.26 Å². The average Bonchev–Trinajstić information content (AvgIpc) is 2.43. The highest BCUT2D eigenvalue weighted by molar-refractivity contribution is 7.92. The van der Waals surface area contributed by atoms with Gasteiger partial charge < -0.3 is 0 Å². The van der Waals surface area contributed by atoms with Crippen molar-refractivity contribution in [1.82, 2.24) is 0 Å². The Balaban J connectivity index is 2.50. The largest absolute Gasteiger partial charge is 0.274 e. The van der Waals surface area contributed by atoms with Gasteiger partial charge in [0.1, 0.15) is 28.3 Å². The summed E-state index contributed by atoms with van der Waals surface area (Å²) < 4.78 is 52.9. The van der Waals surface area contributed by atoms with E-state index in [1.807, 2.05) is 4.72 Å². The minimum Gasteiger partial charge on any atom is -0.274 e. The zero-order chi connectivity index (χ0) is 14.8. The SMILES string of the molecule is N#Cc1ccccc1S(=O)(=O)Nc1c(F)cccc1F. The number of halogens is 2. The predicted octanol–water partition coefficient (Wildman–Crippen LogP) is 2.64. The molecule has 0 fully saturated rings. The summed E-state index contributed by atoms with van der Waals surface area (Å²) in [6.45, 7) is 0. The van der Waals surface area contributed by atoms with Crippen LogP contribution in [0.5, 0.6) is 0 Å². The van der Waals surface area contributed by atoms with E-state index in [2.05, 4.69) is 0 Å². The highest BCUT2D eigenvalue weighted by Crippen LogP contribution is 2.23. The molecule has 20 heavy (non-hydrogen) atoms. The van der Waals surface area contributed by atoms with Crippen LogP contribution in [0.25, 0.3) is 0 Å². The minimum atomic E-state index is -4.25. The number of benzene rings is 2. The maximum atomic E-state index is 13.4. The molecule has 0 radical (unpaired) electrons. The van der Waals surface area contributed by atoms with Gasteiger partial charge in [-0.05, 0) is 24.3 Å². The molecule has 102 valence electrons. The molecule has 0 aromatic heterocycles. The molecule has 0 saturated carbocycles. The van der Waals surface area contributed by atoms with Gasteiger partial charge in [0.05, 0.1) is 5.56 Å². The summed E-state index contributed by atoms with van der Waals surface area (Å²) in [6, 6.07) is 10.1. The number of nitriles is 1. The standard InChI is InChI=1S/C13H8F2N2O2S/c14-10-5-3-6-11(15)13(10)17-20(18,19)12-7-2-1-4-9(12)8-16/h1-7,17H. The zero-order valence-corrected chi connectivity index (χ0v) is 10.8.